The summed E-state index contributed by atoms with van der Waals surface area (Å²) in [4.78, 5) is 4.22. The first kappa shape index (κ1) is 11.6. The van der Waals surface area contributed by atoms with Crippen LogP contribution in [0.1, 0.15) is 11.3 Å². The molecule has 0 saturated heterocycles. The highest BCUT2D eigenvalue weighted by molar-refractivity contribution is 5.28. The highest BCUT2D eigenvalue weighted by Gasteiger charge is 1.97. The van der Waals surface area contributed by atoms with Crippen LogP contribution in [0.4, 0.5) is 0 Å². The first-order valence-corrected chi connectivity index (χ1v) is 5.61. The number of aliphatic hydroxyl groups is 1. The van der Waals surface area contributed by atoms with Crippen LogP contribution in [0.5, 0.6) is 5.75 Å². The van der Waals surface area contributed by atoms with Crippen molar-refractivity contribution in [2.75, 3.05) is 6.61 Å². The molecule has 17 heavy (non-hydrogen) atoms. The number of rotatable bonds is 5. The van der Waals surface area contributed by atoms with Gasteiger partial charge in [-0.1, -0.05) is 18.2 Å². The Morgan fingerprint density at radius 2 is 2.06 bits per heavy atom. The van der Waals surface area contributed by atoms with Gasteiger partial charge < -0.3 is 9.84 Å². The number of pyridine rings is 1. The van der Waals surface area contributed by atoms with Gasteiger partial charge in [-0.3, -0.25) is 4.98 Å². The van der Waals surface area contributed by atoms with Crippen molar-refractivity contribution in [3.8, 4) is 5.75 Å². The van der Waals surface area contributed by atoms with Crippen LogP contribution in [-0.4, -0.2) is 16.7 Å². The Labute approximate surface area is 101 Å². The molecule has 0 spiro atoms. The first-order valence-electron chi connectivity index (χ1n) is 5.61. The zero-order chi connectivity index (χ0) is 11.9. The van der Waals surface area contributed by atoms with Gasteiger partial charge in [-0.05, 0) is 29.8 Å². The maximum Gasteiger partial charge on any atom is 0.119 e. The second-order valence-corrected chi connectivity index (χ2v) is 3.73. The quantitative estimate of drug-likeness (QED) is 0.854. The summed E-state index contributed by atoms with van der Waals surface area (Å²) in [6.45, 7) is 0.628. The molecule has 0 atom stereocenters. The summed E-state index contributed by atoms with van der Waals surface area (Å²) in [5, 5.41) is 9.00. The van der Waals surface area contributed by atoms with Crippen molar-refractivity contribution in [3.05, 3.63) is 59.9 Å². The molecular weight excluding hydrogens is 214 g/mol. The molecule has 1 aromatic heterocycles. The highest BCUT2D eigenvalue weighted by Crippen LogP contribution is 2.13. The number of benzene rings is 1. The Morgan fingerprint density at radius 3 is 2.82 bits per heavy atom. The van der Waals surface area contributed by atoms with E-state index >= 15 is 0 Å². The number of aromatic nitrogens is 1. The fourth-order valence-corrected chi connectivity index (χ4v) is 1.55. The second-order valence-electron chi connectivity index (χ2n) is 3.73. The third-order valence-electron chi connectivity index (χ3n) is 2.43. The van der Waals surface area contributed by atoms with Crippen molar-refractivity contribution >= 4 is 0 Å². The lowest BCUT2D eigenvalue weighted by molar-refractivity contribution is 0.279. The van der Waals surface area contributed by atoms with E-state index in [9.17, 15) is 0 Å². The molecule has 0 aliphatic rings. The SMILES string of the molecule is OCc1cccc(OCCc2ccccn2)c1. The van der Waals surface area contributed by atoms with Crippen LogP contribution >= 0.6 is 0 Å². The van der Waals surface area contributed by atoms with E-state index in [-0.39, 0.29) is 6.61 Å². The Balaban J connectivity index is 1.86. The normalized spacial score (nSPS) is 10.2. The molecule has 2 rings (SSSR count). The summed E-state index contributed by atoms with van der Waals surface area (Å²) in [5.74, 6) is 0.785. The van der Waals surface area contributed by atoms with E-state index in [1.807, 2.05) is 42.5 Å². The van der Waals surface area contributed by atoms with Crippen LogP contribution in [0.2, 0.25) is 0 Å². The van der Waals surface area contributed by atoms with E-state index in [0.717, 1.165) is 23.4 Å². The minimum absolute atomic E-state index is 0.0391. The maximum absolute atomic E-state index is 9.00. The Bertz CT molecular complexity index is 457. The molecule has 1 N–H and O–H groups in total. The number of nitrogens with zero attached hydrogens (tertiary/aromatic N) is 1. The third kappa shape index (κ3) is 3.57. The molecule has 0 amide bonds. The zero-order valence-electron chi connectivity index (χ0n) is 9.54. The van der Waals surface area contributed by atoms with Gasteiger partial charge >= 0.3 is 0 Å². The van der Waals surface area contributed by atoms with Crippen molar-refractivity contribution in [1.29, 1.82) is 0 Å². The monoisotopic (exact) mass is 229 g/mol. The van der Waals surface area contributed by atoms with E-state index < -0.39 is 0 Å². The predicted octanol–water partition coefficient (Wildman–Crippen LogP) is 2.20. The average molecular weight is 229 g/mol. The molecule has 0 aliphatic carbocycles. The molecule has 0 fully saturated rings. The fourth-order valence-electron chi connectivity index (χ4n) is 1.55. The molecule has 2 aromatic rings. The van der Waals surface area contributed by atoms with Gasteiger partial charge in [0, 0.05) is 18.3 Å². The molecule has 0 saturated carbocycles. The van der Waals surface area contributed by atoms with E-state index in [1.54, 1.807) is 6.20 Å². The lowest BCUT2D eigenvalue weighted by Crippen LogP contribution is -2.02. The minimum atomic E-state index is 0.0391. The first-order chi connectivity index (χ1) is 8.38. The van der Waals surface area contributed by atoms with Gasteiger partial charge in [0.05, 0.1) is 13.2 Å². The minimum Gasteiger partial charge on any atom is -0.493 e. The maximum atomic E-state index is 9.00. The molecule has 3 heteroatoms. The Morgan fingerprint density at radius 1 is 1.12 bits per heavy atom. The van der Waals surface area contributed by atoms with Gasteiger partial charge in [0.2, 0.25) is 0 Å². The van der Waals surface area contributed by atoms with Gasteiger partial charge in [0.25, 0.3) is 0 Å². The summed E-state index contributed by atoms with van der Waals surface area (Å²) >= 11 is 0. The largest absolute Gasteiger partial charge is 0.493 e. The smallest absolute Gasteiger partial charge is 0.119 e. The van der Waals surface area contributed by atoms with Gasteiger partial charge in [-0.2, -0.15) is 0 Å². The molecule has 0 radical (unpaired) electrons. The molecule has 0 bridgehead atoms. The van der Waals surface area contributed by atoms with Gasteiger partial charge in [0.15, 0.2) is 0 Å². The number of aliphatic hydroxyl groups excluding tert-OH is 1. The number of hydrogen-bond acceptors (Lipinski definition) is 3. The van der Waals surface area contributed by atoms with Crippen LogP contribution < -0.4 is 4.74 Å². The third-order valence-corrected chi connectivity index (χ3v) is 2.43. The van der Waals surface area contributed by atoms with E-state index in [0.29, 0.717) is 6.61 Å². The summed E-state index contributed by atoms with van der Waals surface area (Å²) < 4.78 is 5.60. The van der Waals surface area contributed by atoms with Gasteiger partial charge in [-0.25, -0.2) is 0 Å². The van der Waals surface area contributed by atoms with Crippen LogP contribution in [0.15, 0.2) is 48.7 Å². The predicted molar refractivity (Wildman–Crippen MR) is 65.8 cm³/mol. The topological polar surface area (TPSA) is 42.4 Å². The summed E-state index contributed by atoms with van der Waals surface area (Å²) in [7, 11) is 0. The summed E-state index contributed by atoms with van der Waals surface area (Å²) in [6.07, 6.45) is 2.56. The van der Waals surface area contributed by atoms with Crippen molar-refractivity contribution < 1.29 is 9.84 Å². The number of hydrogen-bond donors (Lipinski definition) is 1. The van der Waals surface area contributed by atoms with Gasteiger partial charge in [0.1, 0.15) is 5.75 Å². The summed E-state index contributed by atoms with van der Waals surface area (Å²) in [6, 6.07) is 13.3. The fraction of sp³-hybridized carbons (Fsp3) is 0.214. The molecule has 88 valence electrons. The molecule has 0 unspecified atom stereocenters. The van der Waals surface area contributed by atoms with Crippen LogP contribution in [0.3, 0.4) is 0 Å². The standard InChI is InChI=1S/C14H15NO2/c16-11-12-4-3-6-14(10-12)17-9-7-13-5-1-2-8-15-13/h1-6,8,10,16H,7,9,11H2. The van der Waals surface area contributed by atoms with Crippen molar-refractivity contribution in [3.63, 3.8) is 0 Å². The van der Waals surface area contributed by atoms with Crippen molar-refractivity contribution in [1.82, 2.24) is 4.98 Å². The lowest BCUT2D eigenvalue weighted by atomic mass is 10.2. The molecule has 3 nitrogen and oxygen atoms in total. The highest BCUT2D eigenvalue weighted by atomic mass is 16.5. The zero-order valence-corrected chi connectivity index (χ0v) is 9.54. The van der Waals surface area contributed by atoms with Crippen molar-refractivity contribution in [2.24, 2.45) is 0 Å². The second kappa shape index (κ2) is 6.01. The molecule has 0 aliphatic heterocycles. The van der Waals surface area contributed by atoms with Crippen LogP contribution in [0.25, 0.3) is 0 Å². The van der Waals surface area contributed by atoms with E-state index in [4.69, 9.17) is 9.84 Å². The lowest BCUT2D eigenvalue weighted by Gasteiger charge is -2.06. The van der Waals surface area contributed by atoms with Gasteiger partial charge in [-0.15, -0.1) is 0 Å². The van der Waals surface area contributed by atoms with Crippen LogP contribution in [0, 0.1) is 0 Å². The van der Waals surface area contributed by atoms with Crippen molar-refractivity contribution in [2.45, 2.75) is 13.0 Å². The average Bonchev–Trinajstić information content (AvgIpc) is 2.40. The van der Waals surface area contributed by atoms with E-state index in [2.05, 4.69) is 4.98 Å². The van der Waals surface area contributed by atoms with E-state index in [1.165, 1.54) is 0 Å². The Kier molecular flexibility index (Phi) is 4.11. The molecular formula is C14H15NO2. The number of ether oxygens (including phenoxy) is 1. The Hall–Kier alpha value is -1.87. The molecule has 1 aromatic carbocycles. The molecule has 1 heterocycles. The van der Waals surface area contributed by atoms with Crippen LogP contribution in [-0.2, 0) is 13.0 Å². The summed E-state index contributed by atoms with van der Waals surface area (Å²) in [5.41, 5.74) is 1.88.